The van der Waals surface area contributed by atoms with Crippen LogP contribution in [0.2, 0.25) is 0 Å². The Bertz CT molecular complexity index is 608. The summed E-state index contributed by atoms with van der Waals surface area (Å²) >= 11 is 0. The fraction of sp³-hybridized carbons (Fsp3) is 0.800. The van der Waals surface area contributed by atoms with Crippen molar-refractivity contribution < 1.29 is 0 Å². The molecule has 3 aliphatic rings. The van der Waals surface area contributed by atoms with Crippen LogP contribution in [-0.4, -0.2) is 85.7 Å². The number of aromatic nitrogens is 2. The van der Waals surface area contributed by atoms with Gasteiger partial charge >= 0.3 is 0 Å². The molecule has 1 unspecified atom stereocenters. The number of piperidine rings is 2. The number of piperazine rings is 1. The molecule has 150 valence electrons. The normalized spacial score (nSPS) is 25.7. The van der Waals surface area contributed by atoms with E-state index in [1.165, 1.54) is 51.7 Å². The first-order chi connectivity index (χ1) is 13.2. The Hall–Kier alpha value is -1.60. The molecule has 0 radical (unpaired) electrons. The van der Waals surface area contributed by atoms with Gasteiger partial charge < -0.3 is 25.3 Å². The van der Waals surface area contributed by atoms with E-state index in [-0.39, 0.29) is 0 Å². The van der Waals surface area contributed by atoms with Crippen LogP contribution in [0.25, 0.3) is 0 Å². The molecular weight excluding hydrogens is 338 g/mol. The molecule has 3 fully saturated rings. The van der Waals surface area contributed by atoms with Gasteiger partial charge in [-0.3, -0.25) is 0 Å². The van der Waals surface area contributed by atoms with Crippen molar-refractivity contribution in [3.05, 3.63) is 6.07 Å². The highest BCUT2D eigenvalue weighted by molar-refractivity contribution is 5.54. The van der Waals surface area contributed by atoms with Gasteiger partial charge in [-0.1, -0.05) is 6.42 Å². The zero-order valence-corrected chi connectivity index (χ0v) is 16.8. The summed E-state index contributed by atoms with van der Waals surface area (Å²) in [5.74, 6) is 3.14. The standard InChI is InChI=1S/C20H35N7/c1-24-10-12-26(13-11-24)18-14-19(23-20(21)22-18)27-9-5-6-17(16-27)15-25-7-3-2-4-8-25/h14,17H,2-13,15-16H2,1H3,(H2,21,22,23). The summed E-state index contributed by atoms with van der Waals surface area (Å²) in [6.45, 7) is 10.1. The van der Waals surface area contributed by atoms with E-state index >= 15 is 0 Å². The van der Waals surface area contributed by atoms with E-state index in [2.05, 4.69) is 42.7 Å². The van der Waals surface area contributed by atoms with E-state index in [1.807, 2.05) is 0 Å². The van der Waals surface area contributed by atoms with Crippen LogP contribution in [0.1, 0.15) is 32.1 Å². The van der Waals surface area contributed by atoms with Gasteiger partial charge in [-0.15, -0.1) is 0 Å². The number of hydrogen-bond donors (Lipinski definition) is 1. The Balaban J connectivity index is 1.42. The maximum atomic E-state index is 6.09. The summed E-state index contributed by atoms with van der Waals surface area (Å²) in [6.07, 6.45) is 6.72. The van der Waals surface area contributed by atoms with E-state index in [0.29, 0.717) is 5.95 Å². The lowest BCUT2D eigenvalue weighted by Gasteiger charge is -2.38. The molecule has 1 aromatic rings. The lowest BCUT2D eigenvalue weighted by Crippen LogP contribution is -2.45. The lowest BCUT2D eigenvalue weighted by atomic mass is 9.96. The number of likely N-dealkylation sites (N-methyl/N-ethyl adjacent to an activating group) is 1. The predicted octanol–water partition coefficient (Wildman–Crippen LogP) is 1.51. The monoisotopic (exact) mass is 373 g/mol. The largest absolute Gasteiger partial charge is 0.368 e. The Morgan fingerprint density at radius 1 is 0.889 bits per heavy atom. The Kier molecular flexibility index (Phi) is 5.98. The van der Waals surface area contributed by atoms with Crippen molar-refractivity contribution in [1.82, 2.24) is 19.8 Å². The number of rotatable bonds is 4. The smallest absolute Gasteiger partial charge is 0.223 e. The van der Waals surface area contributed by atoms with Crippen molar-refractivity contribution in [1.29, 1.82) is 0 Å². The number of nitrogen functional groups attached to an aromatic ring is 1. The second-order valence-electron chi connectivity index (χ2n) is 8.55. The minimum atomic E-state index is 0.402. The SMILES string of the molecule is CN1CCN(c2cc(N3CCCC(CN4CCCCC4)C3)nc(N)n2)CC1. The minimum Gasteiger partial charge on any atom is -0.368 e. The third-order valence-electron chi connectivity index (χ3n) is 6.35. The van der Waals surface area contributed by atoms with Crippen LogP contribution in [0, 0.1) is 5.92 Å². The maximum absolute atomic E-state index is 6.09. The first-order valence-corrected chi connectivity index (χ1v) is 10.7. The van der Waals surface area contributed by atoms with E-state index in [1.54, 1.807) is 0 Å². The lowest BCUT2D eigenvalue weighted by molar-refractivity contribution is 0.185. The van der Waals surface area contributed by atoms with Crippen LogP contribution in [0.5, 0.6) is 0 Å². The predicted molar refractivity (Wildman–Crippen MR) is 111 cm³/mol. The van der Waals surface area contributed by atoms with E-state index in [0.717, 1.165) is 56.8 Å². The van der Waals surface area contributed by atoms with Gasteiger partial charge in [0.2, 0.25) is 5.95 Å². The van der Waals surface area contributed by atoms with Gasteiger partial charge in [-0.25, -0.2) is 0 Å². The summed E-state index contributed by atoms with van der Waals surface area (Å²) in [5.41, 5.74) is 6.09. The quantitative estimate of drug-likeness (QED) is 0.858. The van der Waals surface area contributed by atoms with Crippen molar-refractivity contribution in [2.45, 2.75) is 32.1 Å². The molecule has 2 N–H and O–H groups in total. The van der Waals surface area contributed by atoms with E-state index in [4.69, 9.17) is 5.73 Å². The highest BCUT2D eigenvalue weighted by Gasteiger charge is 2.25. The van der Waals surface area contributed by atoms with Crippen LogP contribution in [0.4, 0.5) is 17.6 Å². The van der Waals surface area contributed by atoms with Gasteiger partial charge in [-0.05, 0) is 51.7 Å². The Morgan fingerprint density at radius 2 is 1.59 bits per heavy atom. The number of anilines is 3. The van der Waals surface area contributed by atoms with Crippen LogP contribution in [-0.2, 0) is 0 Å². The van der Waals surface area contributed by atoms with Crippen LogP contribution < -0.4 is 15.5 Å². The van der Waals surface area contributed by atoms with E-state index in [9.17, 15) is 0 Å². The van der Waals surface area contributed by atoms with Crippen LogP contribution in [0.3, 0.4) is 0 Å². The molecule has 0 amide bonds. The first kappa shape index (κ1) is 18.7. The van der Waals surface area contributed by atoms with Crippen molar-refractivity contribution in [2.24, 2.45) is 5.92 Å². The molecule has 3 aliphatic heterocycles. The summed E-state index contributed by atoms with van der Waals surface area (Å²) in [6, 6.07) is 2.16. The fourth-order valence-electron chi connectivity index (χ4n) is 4.73. The molecule has 0 spiro atoms. The van der Waals surface area contributed by atoms with Crippen molar-refractivity contribution >= 4 is 17.6 Å². The van der Waals surface area contributed by atoms with Gasteiger partial charge in [0, 0.05) is 51.9 Å². The third-order valence-corrected chi connectivity index (χ3v) is 6.35. The Morgan fingerprint density at radius 3 is 2.33 bits per heavy atom. The topological polar surface area (TPSA) is 64.8 Å². The zero-order chi connectivity index (χ0) is 18.6. The number of nitrogens with zero attached hydrogens (tertiary/aromatic N) is 6. The number of hydrogen-bond acceptors (Lipinski definition) is 7. The highest BCUT2D eigenvalue weighted by Crippen LogP contribution is 2.27. The molecule has 1 aromatic heterocycles. The summed E-state index contributed by atoms with van der Waals surface area (Å²) < 4.78 is 0. The van der Waals surface area contributed by atoms with Crippen molar-refractivity contribution in [3.8, 4) is 0 Å². The van der Waals surface area contributed by atoms with Crippen LogP contribution in [0.15, 0.2) is 6.07 Å². The van der Waals surface area contributed by atoms with E-state index < -0.39 is 0 Å². The van der Waals surface area contributed by atoms with Crippen molar-refractivity contribution in [2.75, 3.05) is 81.5 Å². The number of nitrogens with two attached hydrogens (primary N) is 1. The molecule has 4 heterocycles. The molecule has 7 heteroatoms. The molecule has 0 aromatic carbocycles. The highest BCUT2D eigenvalue weighted by atomic mass is 15.3. The van der Waals surface area contributed by atoms with Gasteiger partial charge in [0.25, 0.3) is 0 Å². The summed E-state index contributed by atoms with van der Waals surface area (Å²) in [4.78, 5) is 18.9. The number of likely N-dealkylation sites (tertiary alicyclic amines) is 1. The average molecular weight is 374 g/mol. The molecule has 7 nitrogen and oxygen atoms in total. The molecule has 0 saturated carbocycles. The minimum absolute atomic E-state index is 0.402. The van der Waals surface area contributed by atoms with Gasteiger partial charge in [0.1, 0.15) is 11.6 Å². The summed E-state index contributed by atoms with van der Waals surface area (Å²) in [5, 5.41) is 0. The first-order valence-electron chi connectivity index (χ1n) is 10.7. The molecule has 0 aliphatic carbocycles. The molecule has 1 atom stereocenters. The Labute approximate surface area is 163 Å². The van der Waals surface area contributed by atoms with Gasteiger partial charge in [0.05, 0.1) is 0 Å². The van der Waals surface area contributed by atoms with Crippen molar-refractivity contribution in [3.63, 3.8) is 0 Å². The second-order valence-corrected chi connectivity index (χ2v) is 8.55. The van der Waals surface area contributed by atoms with Gasteiger partial charge in [0.15, 0.2) is 0 Å². The third kappa shape index (κ3) is 4.82. The molecule has 4 rings (SSSR count). The van der Waals surface area contributed by atoms with Crippen LogP contribution >= 0.6 is 0 Å². The molecule has 27 heavy (non-hydrogen) atoms. The second kappa shape index (κ2) is 8.61. The molecule has 0 bridgehead atoms. The fourth-order valence-corrected chi connectivity index (χ4v) is 4.73. The molecular formula is C20H35N7. The zero-order valence-electron chi connectivity index (χ0n) is 16.8. The average Bonchev–Trinajstić information content (AvgIpc) is 2.69. The maximum Gasteiger partial charge on any atom is 0.223 e. The summed E-state index contributed by atoms with van der Waals surface area (Å²) in [7, 11) is 2.17. The molecule has 3 saturated heterocycles. The van der Waals surface area contributed by atoms with Gasteiger partial charge in [-0.2, -0.15) is 9.97 Å².